The maximum atomic E-state index is 5.53. The van der Waals surface area contributed by atoms with E-state index in [1.54, 1.807) is 4.68 Å². The number of aryl methyl sites for hydroxylation is 1. The van der Waals surface area contributed by atoms with E-state index in [0.717, 1.165) is 19.6 Å². The summed E-state index contributed by atoms with van der Waals surface area (Å²) >= 11 is 5.53. The van der Waals surface area contributed by atoms with Gasteiger partial charge in [0.25, 0.3) is 0 Å². The quantitative estimate of drug-likeness (QED) is 0.560. The molecule has 10 heavy (non-hydrogen) atoms. The fourth-order valence-electron chi connectivity index (χ4n) is 0.932. The van der Waals surface area contributed by atoms with E-state index in [9.17, 15) is 0 Å². The molecule has 0 unspecified atom stereocenters. The highest BCUT2D eigenvalue weighted by Crippen LogP contribution is 2.15. The molecule has 1 aromatic rings. The van der Waals surface area contributed by atoms with Gasteiger partial charge >= 0.3 is 6.01 Å². The van der Waals surface area contributed by atoms with Crippen molar-refractivity contribution in [3.05, 3.63) is 5.28 Å². The lowest BCUT2D eigenvalue weighted by Crippen LogP contribution is -2.14. The Balaban J connectivity index is 2.41. The van der Waals surface area contributed by atoms with Gasteiger partial charge in [0.1, 0.15) is 0 Å². The first-order valence-corrected chi connectivity index (χ1v) is 3.47. The van der Waals surface area contributed by atoms with Gasteiger partial charge in [0.2, 0.25) is 5.28 Å². The van der Waals surface area contributed by atoms with Crippen LogP contribution >= 0.6 is 11.6 Å². The average molecular weight is 160 g/mol. The molecule has 0 aromatic carbocycles. The number of hydrogen-bond acceptors (Lipinski definition) is 3. The van der Waals surface area contributed by atoms with Crippen LogP contribution in [0.5, 0.6) is 6.01 Å². The minimum Gasteiger partial charge on any atom is -0.464 e. The van der Waals surface area contributed by atoms with Crippen LogP contribution in [0.15, 0.2) is 0 Å². The monoisotopic (exact) mass is 159 g/mol. The van der Waals surface area contributed by atoms with E-state index in [1.165, 1.54) is 0 Å². The molecular weight excluding hydrogens is 154 g/mol. The molecule has 0 amide bonds. The van der Waals surface area contributed by atoms with Gasteiger partial charge in [-0.15, -0.1) is 5.10 Å². The predicted octanol–water partition coefficient (Wildman–Crippen LogP) is 0.714. The number of rotatable bonds is 0. The molecule has 0 aliphatic carbocycles. The molecule has 0 atom stereocenters. The highest BCUT2D eigenvalue weighted by atomic mass is 35.5. The van der Waals surface area contributed by atoms with Crippen molar-refractivity contribution in [2.75, 3.05) is 6.61 Å². The van der Waals surface area contributed by atoms with E-state index in [1.807, 2.05) is 0 Å². The Morgan fingerprint density at radius 1 is 1.60 bits per heavy atom. The van der Waals surface area contributed by atoms with Crippen LogP contribution in [0.25, 0.3) is 0 Å². The number of fused-ring (bicyclic) bond motifs is 1. The summed E-state index contributed by atoms with van der Waals surface area (Å²) < 4.78 is 6.82. The Kier molecular flexibility index (Phi) is 1.27. The van der Waals surface area contributed by atoms with Crippen molar-refractivity contribution in [2.24, 2.45) is 0 Å². The molecule has 0 saturated carbocycles. The highest BCUT2D eigenvalue weighted by molar-refractivity contribution is 6.28. The van der Waals surface area contributed by atoms with Gasteiger partial charge in [-0.3, -0.25) is 0 Å². The number of halogens is 1. The zero-order chi connectivity index (χ0) is 6.97. The van der Waals surface area contributed by atoms with Gasteiger partial charge in [-0.05, 0) is 11.6 Å². The SMILES string of the molecule is Clc1nc2n(n1)CCCO2. The second kappa shape index (κ2) is 2.12. The van der Waals surface area contributed by atoms with E-state index in [-0.39, 0.29) is 5.28 Å². The highest BCUT2D eigenvalue weighted by Gasteiger charge is 2.13. The lowest BCUT2D eigenvalue weighted by Gasteiger charge is -2.11. The van der Waals surface area contributed by atoms with Crippen LogP contribution in [-0.2, 0) is 6.54 Å². The minimum absolute atomic E-state index is 0.261. The summed E-state index contributed by atoms with van der Waals surface area (Å²) in [5.74, 6) is 0. The fourth-order valence-corrected chi connectivity index (χ4v) is 1.10. The van der Waals surface area contributed by atoms with Crippen LogP contribution in [0.1, 0.15) is 6.42 Å². The van der Waals surface area contributed by atoms with Gasteiger partial charge in [0.15, 0.2) is 0 Å². The molecule has 2 rings (SSSR count). The molecule has 54 valence electrons. The van der Waals surface area contributed by atoms with E-state index >= 15 is 0 Å². The summed E-state index contributed by atoms with van der Waals surface area (Å²) in [7, 11) is 0. The van der Waals surface area contributed by atoms with Crippen LogP contribution < -0.4 is 4.74 Å². The van der Waals surface area contributed by atoms with E-state index in [2.05, 4.69) is 10.1 Å². The average Bonchev–Trinajstić information content (AvgIpc) is 2.27. The Labute approximate surface area is 62.8 Å². The zero-order valence-corrected chi connectivity index (χ0v) is 6.01. The van der Waals surface area contributed by atoms with Crippen molar-refractivity contribution >= 4 is 11.6 Å². The van der Waals surface area contributed by atoms with Crippen molar-refractivity contribution in [3.8, 4) is 6.01 Å². The first-order chi connectivity index (χ1) is 4.86. The van der Waals surface area contributed by atoms with E-state index < -0.39 is 0 Å². The predicted molar refractivity (Wildman–Crippen MR) is 35.1 cm³/mol. The molecule has 1 aromatic heterocycles. The molecule has 2 heterocycles. The molecule has 0 saturated heterocycles. The number of ether oxygens (including phenoxy) is 1. The molecule has 0 bridgehead atoms. The molecule has 5 heteroatoms. The van der Waals surface area contributed by atoms with Crippen molar-refractivity contribution in [3.63, 3.8) is 0 Å². The van der Waals surface area contributed by atoms with Crippen LogP contribution in [0, 0.1) is 0 Å². The number of nitrogens with zero attached hydrogens (tertiary/aromatic N) is 3. The summed E-state index contributed by atoms with van der Waals surface area (Å²) in [6.45, 7) is 1.57. The second-order valence-corrected chi connectivity index (χ2v) is 2.43. The van der Waals surface area contributed by atoms with Gasteiger partial charge in [0, 0.05) is 13.0 Å². The van der Waals surface area contributed by atoms with Gasteiger partial charge in [-0.25, -0.2) is 4.68 Å². The van der Waals surface area contributed by atoms with E-state index in [4.69, 9.17) is 16.3 Å². The molecule has 1 aliphatic heterocycles. The maximum Gasteiger partial charge on any atom is 0.316 e. The molecule has 0 N–H and O–H groups in total. The topological polar surface area (TPSA) is 39.9 Å². The van der Waals surface area contributed by atoms with Crippen molar-refractivity contribution in [2.45, 2.75) is 13.0 Å². The number of hydrogen-bond donors (Lipinski definition) is 0. The molecule has 0 radical (unpaired) electrons. The minimum atomic E-state index is 0.261. The third-order valence-corrected chi connectivity index (χ3v) is 1.52. The Morgan fingerprint density at radius 2 is 2.50 bits per heavy atom. The third kappa shape index (κ3) is 0.844. The maximum absolute atomic E-state index is 5.53. The summed E-state index contributed by atoms with van der Waals surface area (Å²) in [6.07, 6.45) is 0.979. The lowest BCUT2D eigenvalue weighted by molar-refractivity contribution is 0.221. The van der Waals surface area contributed by atoms with Gasteiger partial charge in [0.05, 0.1) is 6.61 Å². The summed E-state index contributed by atoms with van der Waals surface area (Å²) in [4.78, 5) is 3.85. The lowest BCUT2D eigenvalue weighted by atomic mass is 10.4. The van der Waals surface area contributed by atoms with Crippen LogP contribution in [0.4, 0.5) is 0 Å². The molecule has 0 spiro atoms. The van der Waals surface area contributed by atoms with Crippen LogP contribution in [-0.4, -0.2) is 21.4 Å². The molecule has 4 nitrogen and oxygen atoms in total. The largest absolute Gasteiger partial charge is 0.464 e. The Bertz CT molecular complexity index is 224. The van der Waals surface area contributed by atoms with Gasteiger partial charge in [-0.1, -0.05) is 0 Å². The van der Waals surface area contributed by atoms with Crippen molar-refractivity contribution in [1.29, 1.82) is 0 Å². The Morgan fingerprint density at radius 3 is 3.30 bits per heavy atom. The first kappa shape index (κ1) is 5.97. The van der Waals surface area contributed by atoms with Crippen LogP contribution in [0.2, 0.25) is 5.28 Å². The van der Waals surface area contributed by atoms with Crippen molar-refractivity contribution in [1.82, 2.24) is 14.8 Å². The summed E-state index contributed by atoms with van der Waals surface area (Å²) in [6, 6.07) is 0.538. The third-order valence-electron chi connectivity index (χ3n) is 1.36. The smallest absolute Gasteiger partial charge is 0.316 e. The normalized spacial score (nSPS) is 16.1. The molecule has 1 aliphatic rings. The van der Waals surface area contributed by atoms with E-state index in [0.29, 0.717) is 6.01 Å². The zero-order valence-electron chi connectivity index (χ0n) is 5.25. The standard InChI is InChI=1S/C5H6ClN3O/c6-4-7-5-9(8-4)2-1-3-10-5/h1-3H2. The fraction of sp³-hybridized carbons (Fsp3) is 0.600. The summed E-state index contributed by atoms with van der Waals surface area (Å²) in [5.41, 5.74) is 0. The molecular formula is C5H6ClN3O. The van der Waals surface area contributed by atoms with Gasteiger partial charge in [-0.2, -0.15) is 4.98 Å². The number of aromatic nitrogens is 3. The van der Waals surface area contributed by atoms with Gasteiger partial charge < -0.3 is 4.74 Å². The first-order valence-electron chi connectivity index (χ1n) is 3.09. The summed E-state index contributed by atoms with van der Waals surface area (Å²) in [5, 5.41) is 4.16. The van der Waals surface area contributed by atoms with Crippen LogP contribution in [0.3, 0.4) is 0 Å². The van der Waals surface area contributed by atoms with Crippen molar-refractivity contribution < 1.29 is 4.74 Å². The Hall–Kier alpha value is -0.770. The second-order valence-electron chi connectivity index (χ2n) is 2.09. The molecule has 0 fully saturated rings.